The van der Waals surface area contributed by atoms with Crippen LogP contribution in [0.2, 0.25) is 0 Å². The third-order valence-electron chi connectivity index (χ3n) is 3.74. The summed E-state index contributed by atoms with van der Waals surface area (Å²) in [6.45, 7) is 13.3. The van der Waals surface area contributed by atoms with Crippen molar-refractivity contribution in [1.29, 1.82) is 0 Å². The normalized spacial score (nSPS) is 21.6. The van der Waals surface area contributed by atoms with Crippen molar-refractivity contribution in [2.24, 2.45) is 5.92 Å². The highest BCUT2D eigenvalue weighted by Crippen LogP contribution is 2.09. The molecular formula is C14H28N2. The fourth-order valence-electron chi connectivity index (χ4n) is 2.30. The van der Waals surface area contributed by atoms with E-state index in [0.717, 1.165) is 13.0 Å². The van der Waals surface area contributed by atoms with Crippen molar-refractivity contribution in [3.05, 3.63) is 12.7 Å². The molecule has 0 spiro atoms. The van der Waals surface area contributed by atoms with Crippen molar-refractivity contribution in [3.8, 4) is 0 Å². The molecule has 0 saturated carbocycles. The Morgan fingerprint density at radius 2 is 1.94 bits per heavy atom. The second-order valence-corrected chi connectivity index (χ2v) is 5.15. The van der Waals surface area contributed by atoms with Crippen molar-refractivity contribution < 1.29 is 0 Å². The third-order valence-corrected chi connectivity index (χ3v) is 3.74. The molecule has 0 amide bonds. The van der Waals surface area contributed by atoms with Crippen LogP contribution >= 0.6 is 0 Å². The highest BCUT2D eigenvalue weighted by molar-refractivity contribution is 4.77. The van der Waals surface area contributed by atoms with Crippen LogP contribution in [0.3, 0.4) is 0 Å². The third kappa shape index (κ3) is 5.13. The molecule has 1 aliphatic heterocycles. The van der Waals surface area contributed by atoms with E-state index >= 15 is 0 Å². The first kappa shape index (κ1) is 13.7. The van der Waals surface area contributed by atoms with Gasteiger partial charge in [0.1, 0.15) is 0 Å². The number of allylic oxidation sites excluding steroid dienone is 1. The summed E-state index contributed by atoms with van der Waals surface area (Å²) in [6, 6.07) is 0.600. The summed E-state index contributed by atoms with van der Waals surface area (Å²) in [6.07, 6.45) is 7.34. The van der Waals surface area contributed by atoms with Gasteiger partial charge in [-0.25, -0.2) is 0 Å². The number of nitrogens with zero attached hydrogens (tertiary/aromatic N) is 1. The second-order valence-electron chi connectivity index (χ2n) is 5.15. The number of rotatable bonds is 7. The van der Waals surface area contributed by atoms with Gasteiger partial charge in [-0.15, -0.1) is 6.58 Å². The van der Waals surface area contributed by atoms with Gasteiger partial charge < -0.3 is 10.2 Å². The number of hydrogen-bond donors (Lipinski definition) is 1. The highest BCUT2D eigenvalue weighted by Gasteiger charge is 2.12. The summed E-state index contributed by atoms with van der Waals surface area (Å²) in [5, 5.41) is 3.63. The zero-order valence-corrected chi connectivity index (χ0v) is 11.0. The molecule has 2 nitrogen and oxygen atoms in total. The van der Waals surface area contributed by atoms with Crippen LogP contribution in [0, 0.1) is 5.92 Å². The lowest BCUT2D eigenvalue weighted by molar-refractivity contribution is 0.223. The molecule has 1 saturated heterocycles. The zero-order valence-electron chi connectivity index (χ0n) is 11.0. The number of nitrogens with one attached hydrogen (secondary N) is 1. The molecular weight excluding hydrogens is 196 g/mol. The Morgan fingerprint density at radius 3 is 2.56 bits per heavy atom. The maximum atomic E-state index is 3.80. The van der Waals surface area contributed by atoms with Crippen LogP contribution in [0.5, 0.6) is 0 Å². The summed E-state index contributed by atoms with van der Waals surface area (Å²) in [7, 11) is 0. The van der Waals surface area contributed by atoms with E-state index in [9.17, 15) is 0 Å². The number of likely N-dealkylation sites (tertiary alicyclic amines) is 1. The fourth-order valence-corrected chi connectivity index (χ4v) is 2.30. The molecule has 2 heteroatoms. The first-order chi connectivity index (χ1) is 7.74. The SMILES string of the molecule is C=CCC(C)C(C)NCCN1CCCCC1. The molecule has 2 unspecified atom stereocenters. The standard InChI is InChI=1S/C14H28N2/c1-4-8-13(2)14(3)15-9-12-16-10-6-5-7-11-16/h4,13-15H,1,5-12H2,2-3H3. The average Bonchev–Trinajstić information content (AvgIpc) is 2.30. The zero-order chi connectivity index (χ0) is 11.8. The van der Waals surface area contributed by atoms with Crippen LogP contribution in [0.1, 0.15) is 39.5 Å². The molecule has 0 aliphatic carbocycles. The molecule has 1 aliphatic rings. The van der Waals surface area contributed by atoms with Crippen molar-refractivity contribution in [3.63, 3.8) is 0 Å². The lowest BCUT2D eigenvalue weighted by Crippen LogP contribution is -2.40. The van der Waals surface area contributed by atoms with E-state index in [0.29, 0.717) is 12.0 Å². The van der Waals surface area contributed by atoms with Crippen molar-refractivity contribution in [1.82, 2.24) is 10.2 Å². The van der Waals surface area contributed by atoms with Gasteiger partial charge in [-0.1, -0.05) is 19.4 Å². The summed E-state index contributed by atoms with van der Waals surface area (Å²) >= 11 is 0. The predicted molar refractivity (Wildman–Crippen MR) is 71.7 cm³/mol. The Morgan fingerprint density at radius 1 is 1.25 bits per heavy atom. The minimum absolute atomic E-state index is 0.600. The summed E-state index contributed by atoms with van der Waals surface area (Å²) in [5.41, 5.74) is 0. The van der Waals surface area contributed by atoms with Crippen LogP contribution in [0.25, 0.3) is 0 Å². The predicted octanol–water partition coefficient (Wildman–Crippen LogP) is 2.66. The van der Waals surface area contributed by atoms with Gasteiger partial charge in [0.2, 0.25) is 0 Å². The van der Waals surface area contributed by atoms with Gasteiger partial charge in [-0.05, 0) is 45.2 Å². The van der Waals surface area contributed by atoms with E-state index in [1.54, 1.807) is 0 Å². The maximum Gasteiger partial charge on any atom is 0.0107 e. The van der Waals surface area contributed by atoms with Gasteiger partial charge in [0.15, 0.2) is 0 Å². The van der Waals surface area contributed by atoms with E-state index in [2.05, 4.69) is 30.6 Å². The van der Waals surface area contributed by atoms with Gasteiger partial charge in [0.25, 0.3) is 0 Å². The lowest BCUT2D eigenvalue weighted by atomic mass is 10.00. The Kier molecular flexibility index (Phi) is 6.74. The van der Waals surface area contributed by atoms with Crippen LogP contribution in [-0.4, -0.2) is 37.1 Å². The molecule has 1 N–H and O–H groups in total. The summed E-state index contributed by atoms with van der Waals surface area (Å²) < 4.78 is 0. The first-order valence-corrected chi connectivity index (χ1v) is 6.80. The summed E-state index contributed by atoms with van der Waals surface area (Å²) in [5.74, 6) is 0.693. The molecule has 94 valence electrons. The largest absolute Gasteiger partial charge is 0.313 e. The Balaban J connectivity index is 2.06. The molecule has 0 radical (unpaired) electrons. The molecule has 1 heterocycles. The number of piperidine rings is 1. The second kappa shape index (κ2) is 7.86. The molecule has 0 bridgehead atoms. The number of hydrogen-bond acceptors (Lipinski definition) is 2. The molecule has 16 heavy (non-hydrogen) atoms. The van der Waals surface area contributed by atoms with Gasteiger partial charge in [0, 0.05) is 19.1 Å². The van der Waals surface area contributed by atoms with Gasteiger partial charge in [0.05, 0.1) is 0 Å². The molecule has 0 aromatic carbocycles. The highest BCUT2D eigenvalue weighted by atomic mass is 15.1. The van der Waals surface area contributed by atoms with Crippen molar-refractivity contribution in [2.45, 2.75) is 45.6 Å². The van der Waals surface area contributed by atoms with Gasteiger partial charge in [-0.2, -0.15) is 0 Å². The van der Waals surface area contributed by atoms with E-state index in [4.69, 9.17) is 0 Å². The van der Waals surface area contributed by atoms with Gasteiger partial charge >= 0.3 is 0 Å². The Hall–Kier alpha value is -0.340. The van der Waals surface area contributed by atoms with Crippen LogP contribution in [0.4, 0.5) is 0 Å². The first-order valence-electron chi connectivity index (χ1n) is 6.80. The maximum absolute atomic E-state index is 3.80. The molecule has 1 rings (SSSR count). The monoisotopic (exact) mass is 224 g/mol. The Bertz CT molecular complexity index is 185. The lowest BCUT2D eigenvalue weighted by Gasteiger charge is -2.28. The van der Waals surface area contributed by atoms with Crippen LogP contribution in [0.15, 0.2) is 12.7 Å². The minimum atomic E-state index is 0.600. The quantitative estimate of drug-likeness (QED) is 0.669. The fraction of sp³-hybridized carbons (Fsp3) is 0.857. The Labute approximate surface area is 101 Å². The van der Waals surface area contributed by atoms with E-state index < -0.39 is 0 Å². The summed E-state index contributed by atoms with van der Waals surface area (Å²) in [4.78, 5) is 2.58. The van der Waals surface area contributed by atoms with Crippen molar-refractivity contribution in [2.75, 3.05) is 26.2 Å². The van der Waals surface area contributed by atoms with Crippen LogP contribution in [-0.2, 0) is 0 Å². The molecule has 1 fully saturated rings. The average molecular weight is 224 g/mol. The molecule has 2 atom stereocenters. The molecule has 0 aromatic heterocycles. The van der Waals surface area contributed by atoms with Crippen molar-refractivity contribution >= 4 is 0 Å². The van der Waals surface area contributed by atoms with E-state index in [1.807, 2.05) is 6.08 Å². The minimum Gasteiger partial charge on any atom is -0.313 e. The van der Waals surface area contributed by atoms with E-state index in [-0.39, 0.29) is 0 Å². The topological polar surface area (TPSA) is 15.3 Å². The van der Waals surface area contributed by atoms with Gasteiger partial charge in [-0.3, -0.25) is 0 Å². The molecule has 0 aromatic rings. The van der Waals surface area contributed by atoms with Crippen LogP contribution < -0.4 is 5.32 Å². The van der Waals surface area contributed by atoms with E-state index in [1.165, 1.54) is 38.9 Å². The smallest absolute Gasteiger partial charge is 0.0107 e.